The van der Waals surface area contributed by atoms with Crippen LogP contribution >= 0.6 is 0 Å². The summed E-state index contributed by atoms with van der Waals surface area (Å²) in [5, 5.41) is 6.04. The molecule has 0 saturated carbocycles. The summed E-state index contributed by atoms with van der Waals surface area (Å²) in [6, 6.07) is 13.3. The van der Waals surface area contributed by atoms with Gasteiger partial charge in [0.2, 0.25) is 0 Å². The summed E-state index contributed by atoms with van der Waals surface area (Å²) in [6.45, 7) is 1.08. The molecule has 0 bridgehead atoms. The van der Waals surface area contributed by atoms with Gasteiger partial charge in [0.05, 0.1) is 7.11 Å². The smallest absolute Gasteiger partial charge is 0.270 e. The second-order valence-corrected chi connectivity index (χ2v) is 5.86. The number of amides is 1. The van der Waals surface area contributed by atoms with Crippen LogP contribution < -0.4 is 15.4 Å². The van der Waals surface area contributed by atoms with Gasteiger partial charge >= 0.3 is 0 Å². The molecule has 138 valence electrons. The number of ether oxygens (including phenoxy) is 1. The van der Waals surface area contributed by atoms with Gasteiger partial charge in [-0.3, -0.25) is 9.78 Å². The number of hydrogen-bond acceptors (Lipinski definition) is 6. The molecule has 2 heterocycles. The average Bonchev–Trinajstić information content (AvgIpc) is 2.73. The number of rotatable bonds is 8. The van der Waals surface area contributed by atoms with Crippen LogP contribution in [0.5, 0.6) is 5.75 Å². The minimum absolute atomic E-state index is 0.232. The zero-order valence-corrected chi connectivity index (χ0v) is 15.1. The summed E-state index contributed by atoms with van der Waals surface area (Å²) in [4.78, 5) is 24.6. The number of nitrogens with zero attached hydrogens (tertiary/aromatic N) is 3. The Labute approximate surface area is 157 Å². The van der Waals surface area contributed by atoms with Gasteiger partial charge in [-0.2, -0.15) is 0 Å². The molecule has 0 aliphatic heterocycles. The highest BCUT2D eigenvalue weighted by atomic mass is 16.5. The Bertz CT molecular complexity index is 886. The van der Waals surface area contributed by atoms with Crippen molar-refractivity contribution in [1.82, 2.24) is 20.3 Å². The van der Waals surface area contributed by atoms with Crippen LogP contribution in [0.3, 0.4) is 0 Å². The van der Waals surface area contributed by atoms with Crippen LogP contribution in [-0.4, -0.2) is 34.5 Å². The normalized spacial score (nSPS) is 10.3. The van der Waals surface area contributed by atoms with Crippen LogP contribution in [0.25, 0.3) is 0 Å². The molecule has 0 aliphatic carbocycles. The largest absolute Gasteiger partial charge is 0.497 e. The molecule has 3 aromatic rings. The standard InChI is InChI=1S/C20H21N5O2/c1-27-17-6-2-4-15(10-17)7-9-22-20(26)18-11-19(25-14-24-18)23-13-16-5-3-8-21-12-16/h2-6,8,10-12,14H,7,9,13H2,1H3,(H,22,26)(H,23,24,25). The molecule has 27 heavy (non-hydrogen) atoms. The van der Waals surface area contributed by atoms with Crippen LogP contribution in [0.1, 0.15) is 21.6 Å². The number of carbonyl (C=O) groups excluding carboxylic acids is 1. The van der Waals surface area contributed by atoms with Crippen LogP contribution in [0, 0.1) is 0 Å². The minimum Gasteiger partial charge on any atom is -0.497 e. The lowest BCUT2D eigenvalue weighted by Crippen LogP contribution is -2.26. The summed E-state index contributed by atoms with van der Waals surface area (Å²) in [5.41, 5.74) is 2.45. The minimum atomic E-state index is -0.232. The summed E-state index contributed by atoms with van der Waals surface area (Å²) in [7, 11) is 1.63. The van der Waals surface area contributed by atoms with Gasteiger partial charge < -0.3 is 15.4 Å². The van der Waals surface area contributed by atoms with E-state index in [-0.39, 0.29) is 5.91 Å². The molecule has 2 aromatic heterocycles. The van der Waals surface area contributed by atoms with Gasteiger partial charge in [0.25, 0.3) is 5.91 Å². The van der Waals surface area contributed by atoms with Crippen molar-refractivity contribution < 1.29 is 9.53 Å². The third-order valence-electron chi connectivity index (χ3n) is 3.93. The summed E-state index contributed by atoms with van der Waals surface area (Å²) >= 11 is 0. The quantitative estimate of drug-likeness (QED) is 0.639. The van der Waals surface area contributed by atoms with Crippen molar-refractivity contribution in [3.8, 4) is 5.75 Å². The van der Waals surface area contributed by atoms with E-state index in [1.165, 1.54) is 6.33 Å². The molecule has 0 radical (unpaired) electrons. The molecular formula is C20H21N5O2. The first-order chi connectivity index (χ1) is 13.2. The maximum Gasteiger partial charge on any atom is 0.270 e. The average molecular weight is 363 g/mol. The molecule has 7 nitrogen and oxygen atoms in total. The van der Waals surface area contributed by atoms with E-state index in [4.69, 9.17) is 4.74 Å². The molecule has 0 aliphatic rings. The Kier molecular flexibility index (Phi) is 6.30. The Morgan fingerprint density at radius 1 is 1.11 bits per heavy atom. The Morgan fingerprint density at radius 2 is 2.00 bits per heavy atom. The van der Waals surface area contributed by atoms with E-state index < -0.39 is 0 Å². The maximum atomic E-state index is 12.3. The van der Waals surface area contributed by atoms with Crippen molar-refractivity contribution >= 4 is 11.7 Å². The number of anilines is 1. The second kappa shape index (κ2) is 9.28. The number of nitrogens with one attached hydrogen (secondary N) is 2. The highest BCUT2D eigenvalue weighted by Gasteiger charge is 2.08. The Hall–Kier alpha value is -3.48. The van der Waals surface area contributed by atoms with Gasteiger partial charge in [-0.15, -0.1) is 0 Å². The topological polar surface area (TPSA) is 89.0 Å². The first-order valence-electron chi connectivity index (χ1n) is 8.60. The van der Waals surface area contributed by atoms with Gasteiger partial charge in [-0.05, 0) is 35.7 Å². The number of aromatic nitrogens is 3. The monoisotopic (exact) mass is 363 g/mol. The number of pyridine rings is 1. The molecule has 0 saturated heterocycles. The first kappa shape index (κ1) is 18.3. The van der Waals surface area contributed by atoms with E-state index in [9.17, 15) is 4.79 Å². The van der Waals surface area contributed by atoms with Crippen LogP contribution in [0.2, 0.25) is 0 Å². The zero-order valence-electron chi connectivity index (χ0n) is 15.1. The van der Waals surface area contributed by atoms with E-state index in [2.05, 4.69) is 25.6 Å². The van der Waals surface area contributed by atoms with Crippen molar-refractivity contribution in [2.45, 2.75) is 13.0 Å². The SMILES string of the molecule is COc1cccc(CCNC(=O)c2cc(NCc3cccnc3)ncn2)c1. The molecule has 1 amide bonds. The zero-order chi connectivity index (χ0) is 18.9. The molecule has 1 aromatic carbocycles. The van der Waals surface area contributed by atoms with E-state index in [1.54, 1.807) is 25.6 Å². The Morgan fingerprint density at radius 3 is 2.81 bits per heavy atom. The van der Waals surface area contributed by atoms with E-state index in [0.29, 0.717) is 31.0 Å². The molecule has 7 heteroatoms. The van der Waals surface area contributed by atoms with Crippen molar-refractivity contribution in [2.24, 2.45) is 0 Å². The Balaban J connectivity index is 1.52. The molecule has 0 atom stereocenters. The fourth-order valence-electron chi connectivity index (χ4n) is 2.51. The highest BCUT2D eigenvalue weighted by molar-refractivity contribution is 5.92. The molecule has 0 unspecified atom stereocenters. The lowest BCUT2D eigenvalue weighted by molar-refractivity contribution is 0.0949. The van der Waals surface area contributed by atoms with E-state index in [1.807, 2.05) is 36.4 Å². The lowest BCUT2D eigenvalue weighted by Gasteiger charge is -2.08. The van der Waals surface area contributed by atoms with Gasteiger partial charge in [0.15, 0.2) is 0 Å². The summed E-state index contributed by atoms with van der Waals surface area (Å²) in [5.74, 6) is 1.16. The lowest BCUT2D eigenvalue weighted by atomic mass is 10.1. The third kappa shape index (κ3) is 5.50. The second-order valence-electron chi connectivity index (χ2n) is 5.86. The number of hydrogen-bond donors (Lipinski definition) is 2. The summed E-state index contributed by atoms with van der Waals surface area (Å²) in [6.07, 6.45) is 5.59. The van der Waals surface area contributed by atoms with Crippen LogP contribution in [-0.2, 0) is 13.0 Å². The molecule has 2 N–H and O–H groups in total. The van der Waals surface area contributed by atoms with E-state index in [0.717, 1.165) is 16.9 Å². The third-order valence-corrected chi connectivity index (χ3v) is 3.93. The van der Waals surface area contributed by atoms with Gasteiger partial charge in [-0.1, -0.05) is 18.2 Å². The molecular weight excluding hydrogens is 342 g/mol. The fraction of sp³-hybridized carbons (Fsp3) is 0.200. The maximum absolute atomic E-state index is 12.3. The van der Waals surface area contributed by atoms with Crippen molar-refractivity contribution in [2.75, 3.05) is 19.0 Å². The fourth-order valence-corrected chi connectivity index (χ4v) is 2.51. The van der Waals surface area contributed by atoms with Crippen LogP contribution in [0.4, 0.5) is 5.82 Å². The van der Waals surface area contributed by atoms with Crippen molar-refractivity contribution in [1.29, 1.82) is 0 Å². The van der Waals surface area contributed by atoms with Gasteiger partial charge in [0, 0.05) is 31.5 Å². The van der Waals surface area contributed by atoms with Gasteiger partial charge in [0.1, 0.15) is 23.6 Å². The number of carbonyl (C=O) groups is 1. The van der Waals surface area contributed by atoms with Crippen molar-refractivity contribution in [3.05, 3.63) is 78.0 Å². The predicted molar refractivity (Wildman–Crippen MR) is 103 cm³/mol. The first-order valence-corrected chi connectivity index (χ1v) is 8.60. The molecule has 3 rings (SSSR count). The highest BCUT2D eigenvalue weighted by Crippen LogP contribution is 2.12. The number of benzene rings is 1. The van der Waals surface area contributed by atoms with Crippen molar-refractivity contribution in [3.63, 3.8) is 0 Å². The van der Waals surface area contributed by atoms with Gasteiger partial charge in [-0.25, -0.2) is 9.97 Å². The molecule has 0 spiro atoms. The predicted octanol–water partition coefficient (Wildman–Crippen LogP) is 2.46. The summed E-state index contributed by atoms with van der Waals surface area (Å²) < 4.78 is 5.20. The van der Waals surface area contributed by atoms with Crippen LogP contribution in [0.15, 0.2) is 61.2 Å². The molecule has 0 fully saturated rings. The number of methoxy groups -OCH3 is 1. The van der Waals surface area contributed by atoms with E-state index >= 15 is 0 Å².